The number of esters is 1. The largest absolute Gasteiger partial charge is 0.461 e. The van der Waals surface area contributed by atoms with Gasteiger partial charge in [-0.1, -0.05) is 31.7 Å². The van der Waals surface area contributed by atoms with E-state index in [4.69, 9.17) is 29.8 Å². The first kappa shape index (κ1) is 28.6. The normalized spacial score (nSPS) is 13.7. The Labute approximate surface area is 209 Å². The van der Waals surface area contributed by atoms with E-state index in [1.807, 2.05) is 0 Å². The van der Waals surface area contributed by atoms with E-state index < -0.39 is 18.6 Å². The number of alkyl halides is 1. The number of nitro groups is 1. The summed E-state index contributed by atoms with van der Waals surface area (Å²) >= 11 is 5.74. The zero-order chi connectivity index (χ0) is 25.8. The molecule has 10 nitrogen and oxygen atoms in total. The number of benzene rings is 1. The summed E-state index contributed by atoms with van der Waals surface area (Å²) in [6.45, 7) is 5.56. The molecule has 0 bridgehead atoms. The van der Waals surface area contributed by atoms with E-state index in [2.05, 4.69) is 6.58 Å². The van der Waals surface area contributed by atoms with Gasteiger partial charge in [0.1, 0.15) is 29.6 Å². The molecule has 2 rings (SSSR count). The zero-order valence-corrected chi connectivity index (χ0v) is 21.4. The number of carbonyl (C=O) groups excluding carboxylic acids is 1. The van der Waals surface area contributed by atoms with Crippen molar-refractivity contribution in [2.24, 2.45) is 5.92 Å². The number of unbranched alkanes of at least 4 members (excludes halogenated alkanes) is 1. The van der Waals surface area contributed by atoms with Crippen LogP contribution in [0.25, 0.3) is 0 Å². The standard InChI is InChI=1S/C23H30ClN2O8P/c1-4-15-31-23(27)18(2)16-19-7-9-20(10-8-19)34-35(30,25(3)14-6-5-13-24)32-17-21-11-12-22(33-21)26(28)29/h4,7-12,18H,1,5-6,13-17H2,2-3H3/t18-,35?/m0/s1. The monoisotopic (exact) mass is 528 g/mol. The van der Waals surface area contributed by atoms with E-state index in [9.17, 15) is 19.5 Å². The molecule has 0 aliphatic heterocycles. The predicted octanol–water partition coefficient (Wildman–Crippen LogP) is 5.75. The fourth-order valence-electron chi connectivity index (χ4n) is 2.98. The van der Waals surface area contributed by atoms with Crippen LogP contribution in [0.2, 0.25) is 0 Å². The Balaban J connectivity index is 2.09. The lowest BCUT2D eigenvalue weighted by Gasteiger charge is -2.27. The molecule has 0 aliphatic carbocycles. The molecule has 0 aliphatic rings. The summed E-state index contributed by atoms with van der Waals surface area (Å²) < 4.78 is 36.6. The zero-order valence-electron chi connectivity index (χ0n) is 19.8. The molecule has 1 aromatic carbocycles. The second kappa shape index (κ2) is 14.0. The first-order chi connectivity index (χ1) is 16.7. The molecular formula is C23H30ClN2O8P. The quantitative estimate of drug-likeness (QED) is 0.0509. The van der Waals surface area contributed by atoms with Crippen LogP contribution in [0.4, 0.5) is 5.88 Å². The van der Waals surface area contributed by atoms with E-state index in [0.29, 0.717) is 31.0 Å². The predicted molar refractivity (Wildman–Crippen MR) is 131 cm³/mol. The van der Waals surface area contributed by atoms with E-state index >= 15 is 0 Å². The highest BCUT2D eigenvalue weighted by molar-refractivity contribution is 7.51. The van der Waals surface area contributed by atoms with Gasteiger partial charge in [0.2, 0.25) is 0 Å². The Bertz CT molecular complexity index is 1030. The third-order valence-electron chi connectivity index (χ3n) is 4.91. The molecule has 0 saturated heterocycles. The van der Waals surface area contributed by atoms with Gasteiger partial charge < -0.3 is 13.7 Å². The van der Waals surface area contributed by atoms with Crippen LogP contribution in [-0.4, -0.2) is 41.6 Å². The van der Waals surface area contributed by atoms with Crippen molar-refractivity contribution in [2.75, 3.05) is 26.1 Å². The molecule has 1 heterocycles. The number of hydrogen-bond donors (Lipinski definition) is 0. The summed E-state index contributed by atoms with van der Waals surface area (Å²) in [6.07, 6.45) is 3.36. The maximum atomic E-state index is 13.6. The fourth-order valence-corrected chi connectivity index (χ4v) is 4.62. The Morgan fingerprint density at radius 3 is 2.60 bits per heavy atom. The minimum atomic E-state index is -3.85. The van der Waals surface area contributed by atoms with Crippen molar-refractivity contribution >= 4 is 31.2 Å². The SMILES string of the molecule is C=CCOC(=O)[C@@H](C)Cc1ccc(OP(=O)(OCc2ccc([N+](=O)[O-])o2)N(C)CCCCCl)cc1. The smallest absolute Gasteiger partial charge is 0.461 e. The van der Waals surface area contributed by atoms with Gasteiger partial charge in [-0.15, -0.1) is 11.6 Å². The summed E-state index contributed by atoms with van der Waals surface area (Å²) in [5, 5.41) is 10.8. The summed E-state index contributed by atoms with van der Waals surface area (Å²) in [5.74, 6) is -0.192. The first-order valence-corrected chi connectivity index (χ1v) is 13.0. The van der Waals surface area contributed by atoms with Crippen LogP contribution in [0.15, 0.2) is 53.5 Å². The molecule has 0 saturated carbocycles. The highest BCUT2D eigenvalue weighted by Gasteiger charge is 2.33. The van der Waals surface area contributed by atoms with Gasteiger partial charge in [-0.3, -0.25) is 19.4 Å². The number of ether oxygens (including phenoxy) is 1. The Kier molecular flexibility index (Phi) is 11.5. The third-order valence-corrected chi connectivity index (χ3v) is 7.11. The van der Waals surface area contributed by atoms with Crippen molar-refractivity contribution in [3.63, 3.8) is 0 Å². The van der Waals surface area contributed by atoms with Crippen molar-refractivity contribution in [3.8, 4) is 5.75 Å². The maximum Gasteiger partial charge on any atom is 0.461 e. The highest BCUT2D eigenvalue weighted by atomic mass is 35.5. The number of hydrogen-bond acceptors (Lipinski definition) is 8. The summed E-state index contributed by atoms with van der Waals surface area (Å²) in [6, 6.07) is 9.38. The molecule has 12 heteroatoms. The van der Waals surface area contributed by atoms with Crippen LogP contribution < -0.4 is 4.52 Å². The second-order valence-electron chi connectivity index (χ2n) is 7.78. The molecule has 0 fully saturated rings. The van der Waals surface area contributed by atoms with E-state index in [0.717, 1.165) is 12.0 Å². The van der Waals surface area contributed by atoms with Crippen molar-refractivity contribution in [3.05, 3.63) is 70.5 Å². The van der Waals surface area contributed by atoms with Gasteiger partial charge in [0.15, 0.2) is 0 Å². The lowest BCUT2D eigenvalue weighted by Crippen LogP contribution is -2.21. The maximum absolute atomic E-state index is 13.6. The molecule has 0 N–H and O–H groups in total. The molecule has 0 radical (unpaired) electrons. The van der Waals surface area contributed by atoms with Gasteiger partial charge in [0.25, 0.3) is 0 Å². The Morgan fingerprint density at radius 2 is 2.00 bits per heavy atom. The lowest BCUT2D eigenvalue weighted by atomic mass is 10.0. The number of carbonyl (C=O) groups is 1. The van der Waals surface area contributed by atoms with Crippen LogP contribution in [0, 0.1) is 16.0 Å². The number of furan rings is 1. The molecule has 0 spiro atoms. The third kappa shape index (κ3) is 9.14. The number of rotatable bonds is 16. The van der Waals surface area contributed by atoms with Crippen LogP contribution in [0.1, 0.15) is 31.1 Å². The van der Waals surface area contributed by atoms with Gasteiger partial charge in [-0.2, -0.15) is 0 Å². The van der Waals surface area contributed by atoms with E-state index in [-0.39, 0.29) is 30.9 Å². The summed E-state index contributed by atoms with van der Waals surface area (Å²) in [7, 11) is -2.24. The van der Waals surface area contributed by atoms with Crippen LogP contribution in [0.3, 0.4) is 0 Å². The first-order valence-electron chi connectivity index (χ1n) is 11.0. The van der Waals surface area contributed by atoms with Gasteiger partial charge in [-0.05, 0) is 50.1 Å². The van der Waals surface area contributed by atoms with Crippen LogP contribution in [-0.2, 0) is 31.6 Å². The van der Waals surface area contributed by atoms with Gasteiger partial charge in [0.05, 0.1) is 12.0 Å². The van der Waals surface area contributed by atoms with Crippen LogP contribution in [0.5, 0.6) is 5.75 Å². The molecule has 0 amide bonds. The Morgan fingerprint density at radius 1 is 1.29 bits per heavy atom. The molecule has 2 atom stereocenters. The molecule has 2 aromatic rings. The topological polar surface area (TPSA) is 121 Å². The summed E-state index contributed by atoms with van der Waals surface area (Å²) in [4.78, 5) is 22.1. The minimum Gasteiger partial charge on any atom is -0.461 e. The van der Waals surface area contributed by atoms with Gasteiger partial charge in [0, 0.05) is 12.4 Å². The average molecular weight is 529 g/mol. The van der Waals surface area contributed by atoms with E-state index in [1.54, 1.807) is 38.2 Å². The highest BCUT2D eigenvalue weighted by Crippen LogP contribution is 2.52. The van der Waals surface area contributed by atoms with Crippen molar-refractivity contribution in [1.29, 1.82) is 0 Å². The van der Waals surface area contributed by atoms with Crippen molar-refractivity contribution in [1.82, 2.24) is 4.67 Å². The van der Waals surface area contributed by atoms with Crippen LogP contribution >= 0.6 is 19.3 Å². The van der Waals surface area contributed by atoms with E-state index in [1.165, 1.54) is 22.9 Å². The average Bonchev–Trinajstić information content (AvgIpc) is 3.32. The van der Waals surface area contributed by atoms with Crippen molar-refractivity contribution < 1.29 is 32.5 Å². The van der Waals surface area contributed by atoms with Gasteiger partial charge in [-0.25, -0.2) is 9.24 Å². The minimum absolute atomic E-state index is 0.141. The number of nitrogens with zero attached hydrogens (tertiary/aromatic N) is 2. The molecule has 192 valence electrons. The van der Waals surface area contributed by atoms with Gasteiger partial charge >= 0.3 is 19.6 Å². The second-order valence-corrected chi connectivity index (χ2v) is 10.2. The summed E-state index contributed by atoms with van der Waals surface area (Å²) in [5.41, 5.74) is 0.870. The van der Waals surface area contributed by atoms with Crippen molar-refractivity contribution in [2.45, 2.75) is 32.8 Å². The number of halogens is 1. The fraction of sp³-hybridized carbons (Fsp3) is 0.435. The molecule has 1 unspecified atom stereocenters. The molecular weight excluding hydrogens is 499 g/mol. The lowest BCUT2D eigenvalue weighted by molar-refractivity contribution is -0.402. The Hall–Kier alpha value is -2.65. The molecule has 35 heavy (non-hydrogen) atoms. The molecule has 1 aromatic heterocycles.